The monoisotopic (exact) mass is 318 g/mol. The molecule has 6 nitrogen and oxygen atoms in total. The number of aromatic nitrogens is 3. The molecule has 122 valence electrons. The lowest BCUT2D eigenvalue weighted by molar-refractivity contribution is 0.0917. The molecular weight excluding hydrogens is 299 g/mol. The van der Waals surface area contributed by atoms with E-state index in [-0.39, 0.29) is 17.2 Å². The number of morpholine rings is 1. The summed E-state index contributed by atoms with van der Waals surface area (Å²) in [7, 11) is 1.68. The van der Waals surface area contributed by atoms with Crippen molar-refractivity contribution in [3.63, 3.8) is 0 Å². The summed E-state index contributed by atoms with van der Waals surface area (Å²) in [6, 6.07) is 3.03. The van der Waals surface area contributed by atoms with E-state index in [2.05, 4.69) is 21.8 Å². The van der Waals surface area contributed by atoms with Crippen LogP contribution >= 0.6 is 0 Å². The van der Waals surface area contributed by atoms with Crippen molar-refractivity contribution in [2.75, 3.05) is 24.7 Å². The molecule has 1 fully saturated rings. The fraction of sp³-hybridized carbons (Fsp3) is 0.438. The predicted molar refractivity (Wildman–Crippen MR) is 84.9 cm³/mol. The maximum atomic E-state index is 14.0. The van der Waals surface area contributed by atoms with Crippen LogP contribution in [0, 0.1) is 5.82 Å². The lowest BCUT2D eigenvalue weighted by Crippen LogP contribution is -2.47. The molecule has 7 heteroatoms. The Balaban J connectivity index is 2.11. The molecule has 2 aromatic heterocycles. The molecule has 1 saturated heterocycles. The molecule has 1 aliphatic rings. The molecule has 0 saturated carbocycles. The smallest absolute Gasteiger partial charge is 0.255 e. The Hall–Kier alpha value is -2.28. The maximum Gasteiger partial charge on any atom is 0.255 e. The minimum atomic E-state index is -0.492. The van der Waals surface area contributed by atoms with Gasteiger partial charge in [-0.05, 0) is 12.5 Å². The topological polar surface area (TPSA) is 60.2 Å². The summed E-state index contributed by atoms with van der Waals surface area (Å²) in [5.41, 5.74) is 0.382. The molecular formula is C16H19FN4O2. The molecule has 0 amide bonds. The number of rotatable bonds is 3. The van der Waals surface area contributed by atoms with Gasteiger partial charge in [-0.15, -0.1) is 0 Å². The third kappa shape index (κ3) is 2.96. The molecule has 0 aliphatic carbocycles. The van der Waals surface area contributed by atoms with Gasteiger partial charge in [0, 0.05) is 31.4 Å². The number of nitrogens with zero attached hydrogens (tertiary/aromatic N) is 4. The Bertz CT molecular complexity index is 762. The van der Waals surface area contributed by atoms with Gasteiger partial charge in [-0.3, -0.25) is 14.3 Å². The van der Waals surface area contributed by atoms with Crippen molar-refractivity contribution in [1.29, 1.82) is 0 Å². The number of hydrogen-bond acceptors (Lipinski definition) is 5. The van der Waals surface area contributed by atoms with Crippen molar-refractivity contribution in [3.05, 3.63) is 40.7 Å². The van der Waals surface area contributed by atoms with Crippen LogP contribution in [0.25, 0.3) is 11.3 Å². The Morgan fingerprint density at radius 1 is 1.48 bits per heavy atom. The first kappa shape index (κ1) is 15.6. The van der Waals surface area contributed by atoms with Crippen LogP contribution in [0.5, 0.6) is 0 Å². The molecule has 23 heavy (non-hydrogen) atoms. The first-order valence-corrected chi connectivity index (χ1v) is 7.64. The number of pyridine rings is 1. The van der Waals surface area contributed by atoms with Crippen LogP contribution in [0.4, 0.5) is 10.3 Å². The van der Waals surface area contributed by atoms with Gasteiger partial charge in [0.25, 0.3) is 5.56 Å². The second-order valence-corrected chi connectivity index (χ2v) is 5.52. The van der Waals surface area contributed by atoms with E-state index >= 15 is 0 Å². The van der Waals surface area contributed by atoms with E-state index in [1.807, 2.05) is 0 Å². The van der Waals surface area contributed by atoms with Gasteiger partial charge in [-0.25, -0.2) is 9.37 Å². The van der Waals surface area contributed by atoms with Gasteiger partial charge in [-0.1, -0.05) is 6.92 Å². The Morgan fingerprint density at radius 2 is 2.30 bits per heavy atom. The highest BCUT2D eigenvalue weighted by molar-refractivity contribution is 5.60. The van der Waals surface area contributed by atoms with Gasteiger partial charge in [0.15, 0.2) is 5.82 Å². The molecule has 0 aromatic carbocycles. The van der Waals surface area contributed by atoms with Gasteiger partial charge < -0.3 is 9.64 Å². The standard InChI is InChI=1S/C16H19FN4O2/c1-3-11-10-23-7-6-21(11)16-19-14(8-15(22)20(16)2)12-4-5-18-9-13(12)17/h4-5,8-9,11H,3,6-7,10H2,1-2H3/t11-/m1/s1. The summed E-state index contributed by atoms with van der Waals surface area (Å²) in [6.07, 6.45) is 3.49. The zero-order valence-electron chi connectivity index (χ0n) is 13.2. The van der Waals surface area contributed by atoms with Crippen LogP contribution in [0.15, 0.2) is 29.3 Å². The largest absolute Gasteiger partial charge is 0.377 e. The molecule has 0 spiro atoms. The highest BCUT2D eigenvalue weighted by Crippen LogP contribution is 2.23. The molecule has 2 aromatic rings. The van der Waals surface area contributed by atoms with E-state index in [1.165, 1.54) is 22.9 Å². The Labute approximate surface area is 133 Å². The van der Waals surface area contributed by atoms with Gasteiger partial charge >= 0.3 is 0 Å². The second-order valence-electron chi connectivity index (χ2n) is 5.52. The van der Waals surface area contributed by atoms with Gasteiger partial charge in [0.1, 0.15) is 0 Å². The summed E-state index contributed by atoms with van der Waals surface area (Å²) in [4.78, 5) is 22.7. The van der Waals surface area contributed by atoms with Crippen molar-refractivity contribution in [3.8, 4) is 11.3 Å². The Kier molecular flexibility index (Phi) is 4.38. The number of ether oxygens (including phenoxy) is 1. The van der Waals surface area contributed by atoms with Gasteiger partial charge in [0.05, 0.1) is 31.1 Å². The van der Waals surface area contributed by atoms with E-state index in [0.29, 0.717) is 31.4 Å². The maximum absolute atomic E-state index is 14.0. The third-order valence-corrected chi connectivity index (χ3v) is 4.12. The first-order chi connectivity index (χ1) is 11.1. The van der Waals surface area contributed by atoms with Crippen molar-refractivity contribution >= 4 is 5.95 Å². The minimum absolute atomic E-state index is 0.152. The second kappa shape index (κ2) is 6.45. The third-order valence-electron chi connectivity index (χ3n) is 4.12. The van der Waals surface area contributed by atoms with E-state index in [4.69, 9.17) is 4.74 Å². The average Bonchev–Trinajstić information content (AvgIpc) is 2.58. The van der Waals surface area contributed by atoms with Crippen molar-refractivity contribution in [1.82, 2.24) is 14.5 Å². The molecule has 0 N–H and O–H groups in total. The minimum Gasteiger partial charge on any atom is -0.377 e. The number of hydrogen-bond donors (Lipinski definition) is 0. The lowest BCUT2D eigenvalue weighted by atomic mass is 10.1. The van der Waals surface area contributed by atoms with Gasteiger partial charge in [-0.2, -0.15) is 0 Å². The van der Waals surface area contributed by atoms with Crippen LogP contribution in [0.3, 0.4) is 0 Å². The summed E-state index contributed by atoms with van der Waals surface area (Å²) >= 11 is 0. The molecule has 3 heterocycles. The summed E-state index contributed by atoms with van der Waals surface area (Å²) in [6.45, 7) is 3.90. The summed E-state index contributed by atoms with van der Waals surface area (Å²) < 4.78 is 21.0. The van der Waals surface area contributed by atoms with E-state index in [9.17, 15) is 9.18 Å². The van der Waals surface area contributed by atoms with Crippen LogP contribution in [0.1, 0.15) is 13.3 Å². The van der Waals surface area contributed by atoms with Crippen LogP contribution < -0.4 is 10.5 Å². The molecule has 3 rings (SSSR count). The van der Waals surface area contributed by atoms with Crippen LogP contribution in [-0.2, 0) is 11.8 Å². The molecule has 0 bridgehead atoms. The molecule has 0 radical (unpaired) electrons. The molecule has 0 unspecified atom stereocenters. The summed E-state index contributed by atoms with van der Waals surface area (Å²) in [5.74, 6) is 0.0482. The molecule has 1 atom stereocenters. The first-order valence-electron chi connectivity index (χ1n) is 7.64. The van der Waals surface area contributed by atoms with Crippen LogP contribution in [0.2, 0.25) is 0 Å². The molecule has 1 aliphatic heterocycles. The highest BCUT2D eigenvalue weighted by Gasteiger charge is 2.25. The van der Waals surface area contributed by atoms with Crippen molar-refractivity contribution in [2.45, 2.75) is 19.4 Å². The fourth-order valence-electron chi connectivity index (χ4n) is 2.76. The van der Waals surface area contributed by atoms with E-state index in [0.717, 1.165) is 12.6 Å². The predicted octanol–water partition coefficient (Wildman–Crippen LogP) is 1.60. The van der Waals surface area contributed by atoms with E-state index < -0.39 is 5.82 Å². The Morgan fingerprint density at radius 3 is 3.04 bits per heavy atom. The zero-order valence-corrected chi connectivity index (χ0v) is 13.2. The van der Waals surface area contributed by atoms with Crippen LogP contribution in [-0.4, -0.2) is 40.3 Å². The summed E-state index contributed by atoms with van der Waals surface area (Å²) in [5, 5.41) is 0. The van der Waals surface area contributed by atoms with Crippen molar-refractivity contribution < 1.29 is 9.13 Å². The van der Waals surface area contributed by atoms with E-state index in [1.54, 1.807) is 7.05 Å². The SMILES string of the molecule is CC[C@@H]1COCCN1c1nc(-c2ccncc2F)cc(=O)n1C. The van der Waals surface area contributed by atoms with Crippen molar-refractivity contribution in [2.24, 2.45) is 7.05 Å². The fourth-order valence-corrected chi connectivity index (χ4v) is 2.76. The lowest BCUT2D eigenvalue weighted by Gasteiger charge is -2.36. The normalized spacial score (nSPS) is 18.2. The number of anilines is 1. The quantitative estimate of drug-likeness (QED) is 0.860. The number of halogens is 1. The zero-order chi connectivity index (χ0) is 16.4. The highest BCUT2D eigenvalue weighted by atomic mass is 19.1. The van der Waals surface area contributed by atoms with Gasteiger partial charge in [0.2, 0.25) is 5.95 Å². The average molecular weight is 318 g/mol.